The van der Waals surface area contributed by atoms with Gasteiger partial charge in [0.1, 0.15) is 29.3 Å². The SMILES string of the molecule is COc1cccc(Nc2cc(Nc3ccccc3C#N)nc(C)n2)c1. The van der Waals surface area contributed by atoms with Crippen molar-refractivity contribution in [2.45, 2.75) is 6.92 Å². The second-order valence-corrected chi connectivity index (χ2v) is 5.32. The molecule has 3 aromatic rings. The van der Waals surface area contributed by atoms with Crippen LogP contribution in [0.3, 0.4) is 0 Å². The third-order valence-electron chi connectivity index (χ3n) is 3.49. The monoisotopic (exact) mass is 331 g/mol. The number of para-hydroxylation sites is 1. The van der Waals surface area contributed by atoms with Gasteiger partial charge in [0.15, 0.2) is 0 Å². The van der Waals surface area contributed by atoms with Crippen LogP contribution < -0.4 is 15.4 Å². The second kappa shape index (κ2) is 7.32. The number of hydrogen-bond donors (Lipinski definition) is 2. The summed E-state index contributed by atoms with van der Waals surface area (Å²) in [5.74, 6) is 2.64. The minimum absolute atomic E-state index is 0.557. The van der Waals surface area contributed by atoms with E-state index in [1.807, 2.05) is 49.4 Å². The zero-order valence-electron chi connectivity index (χ0n) is 13.9. The van der Waals surface area contributed by atoms with Crippen molar-refractivity contribution in [3.63, 3.8) is 0 Å². The predicted molar refractivity (Wildman–Crippen MR) is 97.5 cm³/mol. The topological polar surface area (TPSA) is 82.9 Å². The summed E-state index contributed by atoms with van der Waals surface area (Å²) in [7, 11) is 1.63. The van der Waals surface area contributed by atoms with Crippen molar-refractivity contribution in [1.82, 2.24) is 9.97 Å². The number of nitrogens with one attached hydrogen (secondary N) is 2. The Bertz CT molecular complexity index is 933. The predicted octanol–water partition coefficient (Wildman–Crippen LogP) is 4.15. The molecule has 6 heteroatoms. The molecule has 0 atom stereocenters. The van der Waals surface area contributed by atoms with Gasteiger partial charge in [-0.25, -0.2) is 9.97 Å². The highest BCUT2D eigenvalue weighted by Crippen LogP contribution is 2.24. The molecule has 0 saturated carbocycles. The Balaban J connectivity index is 1.86. The largest absolute Gasteiger partial charge is 0.497 e. The van der Waals surface area contributed by atoms with E-state index in [2.05, 4.69) is 26.7 Å². The van der Waals surface area contributed by atoms with Crippen LogP contribution in [0.15, 0.2) is 54.6 Å². The molecule has 2 N–H and O–H groups in total. The molecule has 6 nitrogen and oxygen atoms in total. The van der Waals surface area contributed by atoms with E-state index in [0.29, 0.717) is 28.7 Å². The van der Waals surface area contributed by atoms with Gasteiger partial charge in [-0.2, -0.15) is 5.26 Å². The number of nitrogens with zero attached hydrogens (tertiary/aromatic N) is 3. The Morgan fingerprint density at radius 1 is 0.960 bits per heavy atom. The van der Waals surface area contributed by atoms with Gasteiger partial charge >= 0.3 is 0 Å². The fourth-order valence-corrected chi connectivity index (χ4v) is 2.37. The number of rotatable bonds is 5. The molecule has 25 heavy (non-hydrogen) atoms. The van der Waals surface area contributed by atoms with E-state index < -0.39 is 0 Å². The number of hydrogen-bond acceptors (Lipinski definition) is 6. The van der Waals surface area contributed by atoms with Crippen LogP contribution in [0.1, 0.15) is 11.4 Å². The average molecular weight is 331 g/mol. The van der Waals surface area contributed by atoms with E-state index in [-0.39, 0.29) is 0 Å². The molecule has 0 amide bonds. The molecule has 1 heterocycles. The summed E-state index contributed by atoms with van der Waals surface area (Å²) < 4.78 is 5.23. The van der Waals surface area contributed by atoms with Crippen molar-refractivity contribution < 1.29 is 4.74 Å². The maximum absolute atomic E-state index is 9.20. The molecule has 0 unspecified atom stereocenters. The van der Waals surface area contributed by atoms with Crippen LogP contribution in [0.2, 0.25) is 0 Å². The van der Waals surface area contributed by atoms with Crippen LogP contribution in [0.5, 0.6) is 5.75 Å². The standard InChI is InChI=1S/C19H17N5O/c1-13-21-18(23-15-7-5-8-16(10-15)25-2)11-19(22-13)24-17-9-4-3-6-14(17)12-20/h3-11H,1-2H3,(H2,21,22,23,24). The quantitative estimate of drug-likeness (QED) is 0.730. The minimum Gasteiger partial charge on any atom is -0.497 e. The fraction of sp³-hybridized carbons (Fsp3) is 0.105. The lowest BCUT2D eigenvalue weighted by atomic mass is 10.2. The lowest BCUT2D eigenvalue weighted by molar-refractivity contribution is 0.415. The summed E-state index contributed by atoms with van der Waals surface area (Å²) in [6, 6.07) is 18.8. The number of aromatic nitrogens is 2. The van der Waals surface area contributed by atoms with Crippen LogP contribution in [0, 0.1) is 18.3 Å². The van der Waals surface area contributed by atoms with Crippen LogP contribution in [0.25, 0.3) is 0 Å². The van der Waals surface area contributed by atoms with Gasteiger partial charge in [-0.05, 0) is 31.2 Å². The van der Waals surface area contributed by atoms with E-state index in [9.17, 15) is 5.26 Å². The number of benzene rings is 2. The average Bonchev–Trinajstić information content (AvgIpc) is 2.62. The van der Waals surface area contributed by atoms with E-state index in [1.54, 1.807) is 19.2 Å². The zero-order valence-corrected chi connectivity index (χ0v) is 13.9. The molecule has 0 aliphatic rings. The Morgan fingerprint density at radius 3 is 2.48 bits per heavy atom. The van der Waals surface area contributed by atoms with Crippen molar-refractivity contribution in [1.29, 1.82) is 5.26 Å². The Morgan fingerprint density at radius 2 is 1.72 bits per heavy atom. The lowest BCUT2D eigenvalue weighted by Crippen LogP contribution is -2.02. The normalized spacial score (nSPS) is 9.96. The zero-order chi connectivity index (χ0) is 17.6. The van der Waals surface area contributed by atoms with Crippen LogP contribution in [0.4, 0.5) is 23.0 Å². The molecule has 3 rings (SSSR count). The molecule has 0 spiro atoms. The van der Waals surface area contributed by atoms with Crippen LogP contribution in [-0.2, 0) is 0 Å². The van der Waals surface area contributed by atoms with Gasteiger partial charge in [0.2, 0.25) is 0 Å². The first kappa shape index (κ1) is 16.3. The van der Waals surface area contributed by atoms with Gasteiger partial charge in [0.25, 0.3) is 0 Å². The summed E-state index contributed by atoms with van der Waals surface area (Å²) in [5.41, 5.74) is 2.12. The first-order valence-electron chi connectivity index (χ1n) is 7.71. The maximum Gasteiger partial charge on any atom is 0.136 e. The maximum atomic E-state index is 9.20. The van der Waals surface area contributed by atoms with Gasteiger partial charge in [-0.1, -0.05) is 18.2 Å². The van der Waals surface area contributed by atoms with Gasteiger partial charge < -0.3 is 15.4 Å². The number of aryl methyl sites for hydroxylation is 1. The van der Waals surface area contributed by atoms with E-state index >= 15 is 0 Å². The van der Waals surface area contributed by atoms with Crippen molar-refractivity contribution >= 4 is 23.0 Å². The van der Waals surface area contributed by atoms with Crippen LogP contribution >= 0.6 is 0 Å². The number of nitriles is 1. The number of ether oxygens (including phenoxy) is 1. The van der Waals surface area contributed by atoms with Crippen LogP contribution in [-0.4, -0.2) is 17.1 Å². The van der Waals surface area contributed by atoms with Crippen molar-refractivity contribution in [3.8, 4) is 11.8 Å². The van der Waals surface area contributed by atoms with Gasteiger partial charge in [0.05, 0.1) is 18.4 Å². The Hall–Kier alpha value is -3.59. The molecule has 0 bridgehead atoms. The van der Waals surface area contributed by atoms with E-state index in [4.69, 9.17) is 4.74 Å². The van der Waals surface area contributed by atoms with E-state index in [0.717, 1.165) is 11.4 Å². The Labute approximate surface area is 146 Å². The first-order chi connectivity index (χ1) is 12.2. The van der Waals surface area contributed by atoms with E-state index in [1.165, 1.54) is 0 Å². The summed E-state index contributed by atoms with van der Waals surface area (Å²) in [6.07, 6.45) is 0. The summed E-state index contributed by atoms with van der Waals surface area (Å²) in [5, 5.41) is 15.6. The molecule has 0 saturated heterocycles. The summed E-state index contributed by atoms with van der Waals surface area (Å²) in [6.45, 7) is 1.82. The fourth-order valence-electron chi connectivity index (χ4n) is 2.37. The number of anilines is 4. The molecule has 1 aromatic heterocycles. The first-order valence-corrected chi connectivity index (χ1v) is 7.71. The summed E-state index contributed by atoms with van der Waals surface area (Å²) >= 11 is 0. The molecular weight excluding hydrogens is 314 g/mol. The third kappa shape index (κ3) is 4.03. The molecule has 0 radical (unpaired) electrons. The lowest BCUT2D eigenvalue weighted by Gasteiger charge is -2.11. The number of methoxy groups -OCH3 is 1. The van der Waals surface area contributed by atoms with Gasteiger partial charge in [-0.3, -0.25) is 0 Å². The smallest absolute Gasteiger partial charge is 0.136 e. The van der Waals surface area contributed by atoms with Gasteiger partial charge in [0, 0.05) is 17.8 Å². The third-order valence-corrected chi connectivity index (χ3v) is 3.49. The van der Waals surface area contributed by atoms with Crippen molar-refractivity contribution in [3.05, 3.63) is 66.0 Å². The Kier molecular flexibility index (Phi) is 4.77. The van der Waals surface area contributed by atoms with Gasteiger partial charge in [-0.15, -0.1) is 0 Å². The molecule has 2 aromatic carbocycles. The molecule has 0 aliphatic carbocycles. The van der Waals surface area contributed by atoms with Crippen molar-refractivity contribution in [2.24, 2.45) is 0 Å². The highest BCUT2D eigenvalue weighted by Gasteiger charge is 2.06. The molecule has 0 aliphatic heterocycles. The molecule has 0 fully saturated rings. The highest BCUT2D eigenvalue weighted by molar-refractivity contribution is 5.67. The second-order valence-electron chi connectivity index (χ2n) is 5.32. The summed E-state index contributed by atoms with van der Waals surface area (Å²) in [4.78, 5) is 8.78. The van der Waals surface area contributed by atoms with Crippen molar-refractivity contribution in [2.75, 3.05) is 17.7 Å². The molecule has 124 valence electrons. The minimum atomic E-state index is 0.557. The highest BCUT2D eigenvalue weighted by atomic mass is 16.5. The molecular formula is C19H17N5O.